The van der Waals surface area contributed by atoms with Gasteiger partial charge in [-0.3, -0.25) is 0 Å². The molecule has 0 atom stereocenters. The Bertz CT molecular complexity index is 676. The largest absolute Gasteiger partial charge is 0.399 e. The first-order chi connectivity index (χ1) is 9.13. The van der Waals surface area contributed by atoms with Gasteiger partial charge in [0.15, 0.2) is 0 Å². The minimum Gasteiger partial charge on any atom is -0.399 e. The first-order valence-corrected chi connectivity index (χ1v) is 6.97. The highest BCUT2D eigenvalue weighted by Gasteiger charge is 2.16. The zero-order valence-electron chi connectivity index (χ0n) is 10.3. The molecule has 1 aliphatic carbocycles. The Morgan fingerprint density at radius 1 is 1.11 bits per heavy atom. The minimum atomic E-state index is -0.228. The third-order valence-electron chi connectivity index (χ3n) is 3.43. The van der Waals surface area contributed by atoms with Gasteiger partial charge in [-0.05, 0) is 59.4 Å². The molecule has 1 nitrogen and oxygen atoms in total. The summed E-state index contributed by atoms with van der Waals surface area (Å²) >= 11 is 3.40. The van der Waals surface area contributed by atoms with Gasteiger partial charge in [-0.1, -0.05) is 34.1 Å². The molecular weight excluding hydrogens is 305 g/mol. The van der Waals surface area contributed by atoms with Crippen molar-refractivity contribution < 1.29 is 4.39 Å². The summed E-state index contributed by atoms with van der Waals surface area (Å²) in [6, 6.07) is 10.8. The number of nitrogens with two attached hydrogens (primary N) is 1. The van der Waals surface area contributed by atoms with Crippen LogP contribution in [0.5, 0.6) is 0 Å². The SMILES string of the molecule is Nc1ccc2c(c1)CCC2=Cc1ccc(F)cc1Br. The third kappa shape index (κ3) is 2.43. The van der Waals surface area contributed by atoms with Gasteiger partial charge in [-0.25, -0.2) is 4.39 Å². The quantitative estimate of drug-likeness (QED) is 0.761. The van der Waals surface area contributed by atoms with Crippen molar-refractivity contribution >= 4 is 33.3 Å². The molecule has 1 aliphatic rings. The van der Waals surface area contributed by atoms with Crippen LogP contribution >= 0.6 is 15.9 Å². The van der Waals surface area contributed by atoms with Crippen LogP contribution in [0, 0.1) is 5.82 Å². The number of hydrogen-bond acceptors (Lipinski definition) is 1. The third-order valence-corrected chi connectivity index (χ3v) is 4.12. The summed E-state index contributed by atoms with van der Waals surface area (Å²) < 4.78 is 13.9. The fourth-order valence-electron chi connectivity index (χ4n) is 2.49. The van der Waals surface area contributed by atoms with Crippen molar-refractivity contribution in [1.29, 1.82) is 0 Å². The van der Waals surface area contributed by atoms with E-state index in [0.29, 0.717) is 0 Å². The molecule has 96 valence electrons. The molecule has 2 aromatic carbocycles. The summed E-state index contributed by atoms with van der Waals surface area (Å²) in [7, 11) is 0. The summed E-state index contributed by atoms with van der Waals surface area (Å²) in [6.45, 7) is 0. The minimum absolute atomic E-state index is 0.228. The maximum absolute atomic E-state index is 13.1. The van der Waals surface area contributed by atoms with Crippen LogP contribution in [0.3, 0.4) is 0 Å². The second kappa shape index (κ2) is 4.82. The number of fused-ring (bicyclic) bond motifs is 1. The van der Waals surface area contributed by atoms with Crippen molar-refractivity contribution in [2.45, 2.75) is 12.8 Å². The molecule has 19 heavy (non-hydrogen) atoms. The molecule has 3 heteroatoms. The van der Waals surface area contributed by atoms with E-state index in [1.54, 1.807) is 6.07 Å². The summed E-state index contributed by atoms with van der Waals surface area (Å²) in [6.07, 6.45) is 4.14. The van der Waals surface area contributed by atoms with E-state index in [9.17, 15) is 4.39 Å². The highest BCUT2D eigenvalue weighted by molar-refractivity contribution is 9.10. The van der Waals surface area contributed by atoms with E-state index in [4.69, 9.17) is 5.73 Å². The Morgan fingerprint density at radius 2 is 1.95 bits per heavy atom. The Kier molecular flexibility index (Phi) is 3.15. The molecule has 0 fully saturated rings. The molecule has 0 saturated carbocycles. The first kappa shape index (κ1) is 12.4. The molecule has 0 spiro atoms. The van der Waals surface area contributed by atoms with Crippen LogP contribution in [0.4, 0.5) is 10.1 Å². The fourth-order valence-corrected chi connectivity index (χ4v) is 2.96. The zero-order valence-corrected chi connectivity index (χ0v) is 11.9. The van der Waals surface area contributed by atoms with Crippen molar-refractivity contribution in [2.24, 2.45) is 0 Å². The van der Waals surface area contributed by atoms with Gasteiger partial charge >= 0.3 is 0 Å². The Hall–Kier alpha value is -1.61. The summed E-state index contributed by atoms with van der Waals surface area (Å²) in [5, 5.41) is 0. The van der Waals surface area contributed by atoms with E-state index in [-0.39, 0.29) is 5.82 Å². The normalized spacial score (nSPS) is 15.8. The average Bonchev–Trinajstić information content (AvgIpc) is 2.75. The fraction of sp³-hybridized carbons (Fsp3) is 0.125. The number of benzene rings is 2. The van der Waals surface area contributed by atoms with Crippen molar-refractivity contribution in [3.63, 3.8) is 0 Å². The van der Waals surface area contributed by atoms with Crippen molar-refractivity contribution in [2.75, 3.05) is 5.73 Å². The highest BCUT2D eigenvalue weighted by Crippen LogP contribution is 2.35. The number of allylic oxidation sites excluding steroid dienone is 1. The van der Waals surface area contributed by atoms with E-state index < -0.39 is 0 Å². The van der Waals surface area contributed by atoms with Crippen LogP contribution in [0.25, 0.3) is 11.6 Å². The molecule has 3 rings (SSSR count). The van der Waals surface area contributed by atoms with Gasteiger partial charge in [0.1, 0.15) is 5.82 Å². The van der Waals surface area contributed by atoms with Gasteiger partial charge in [0, 0.05) is 10.2 Å². The van der Waals surface area contributed by atoms with Gasteiger partial charge in [0.2, 0.25) is 0 Å². The van der Waals surface area contributed by atoms with E-state index in [0.717, 1.165) is 28.6 Å². The maximum atomic E-state index is 13.1. The lowest BCUT2D eigenvalue weighted by molar-refractivity contribution is 0.627. The van der Waals surface area contributed by atoms with Gasteiger partial charge in [-0.2, -0.15) is 0 Å². The number of nitrogen functional groups attached to an aromatic ring is 1. The van der Waals surface area contributed by atoms with Crippen molar-refractivity contribution in [1.82, 2.24) is 0 Å². The van der Waals surface area contributed by atoms with E-state index in [1.807, 2.05) is 12.1 Å². The molecule has 0 aliphatic heterocycles. The van der Waals surface area contributed by atoms with Crippen LogP contribution in [0.1, 0.15) is 23.1 Å². The number of halogens is 2. The standard InChI is InChI=1S/C16H13BrFN/c17-16-9-13(18)4-3-12(16)7-10-1-2-11-8-14(19)5-6-15(10)11/h3-9H,1-2,19H2. The molecular formula is C16H13BrFN. The molecule has 0 radical (unpaired) electrons. The molecule has 2 aromatic rings. The van der Waals surface area contributed by atoms with Crippen molar-refractivity contribution in [3.8, 4) is 0 Å². The van der Waals surface area contributed by atoms with E-state index in [1.165, 1.54) is 28.8 Å². The lowest BCUT2D eigenvalue weighted by Crippen LogP contribution is -1.88. The predicted molar refractivity (Wildman–Crippen MR) is 81.1 cm³/mol. The van der Waals surface area contributed by atoms with Crippen LogP contribution in [-0.4, -0.2) is 0 Å². The first-order valence-electron chi connectivity index (χ1n) is 6.18. The van der Waals surface area contributed by atoms with E-state index in [2.05, 4.69) is 28.1 Å². The second-order valence-corrected chi connectivity index (χ2v) is 5.61. The monoisotopic (exact) mass is 317 g/mol. The van der Waals surface area contributed by atoms with Crippen molar-refractivity contribution in [3.05, 3.63) is 63.4 Å². The van der Waals surface area contributed by atoms with Crippen LogP contribution < -0.4 is 5.73 Å². The molecule has 2 N–H and O–H groups in total. The Morgan fingerprint density at radius 3 is 2.74 bits per heavy atom. The predicted octanol–water partition coefficient (Wildman–Crippen LogP) is 4.66. The lowest BCUT2D eigenvalue weighted by Gasteiger charge is -2.04. The molecule has 0 bridgehead atoms. The second-order valence-electron chi connectivity index (χ2n) is 4.75. The van der Waals surface area contributed by atoms with Crippen LogP contribution in [0.15, 0.2) is 40.9 Å². The van der Waals surface area contributed by atoms with E-state index >= 15 is 0 Å². The van der Waals surface area contributed by atoms with Crippen LogP contribution in [0.2, 0.25) is 0 Å². The number of aryl methyl sites for hydroxylation is 1. The highest BCUT2D eigenvalue weighted by atomic mass is 79.9. The average molecular weight is 318 g/mol. The summed E-state index contributed by atoms with van der Waals surface area (Å²) in [5.74, 6) is -0.228. The van der Waals surface area contributed by atoms with Gasteiger partial charge < -0.3 is 5.73 Å². The molecule has 0 amide bonds. The summed E-state index contributed by atoms with van der Waals surface area (Å²) in [5.41, 5.74) is 11.4. The number of anilines is 1. The Labute approximate surface area is 120 Å². The maximum Gasteiger partial charge on any atom is 0.124 e. The van der Waals surface area contributed by atoms with Crippen LogP contribution in [-0.2, 0) is 6.42 Å². The number of rotatable bonds is 1. The topological polar surface area (TPSA) is 26.0 Å². The zero-order chi connectivity index (χ0) is 13.4. The van der Waals surface area contributed by atoms with Gasteiger partial charge in [-0.15, -0.1) is 0 Å². The molecule has 0 heterocycles. The smallest absolute Gasteiger partial charge is 0.124 e. The van der Waals surface area contributed by atoms with Gasteiger partial charge in [0.25, 0.3) is 0 Å². The molecule has 0 aromatic heterocycles. The summed E-state index contributed by atoms with van der Waals surface area (Å²) in [4.78, 5) is 0. The molecule has 0 unspecified atom stereocenters. The Balaban J connectivity index is 2.03. The number of hydrogen-bond donors (Lipinski definition) is 1. The lowest BCUT2D eigenvalue weighted by atomic mass is 10.0. The molecule has 0 saturated heterocycles. The van der Waals surface area contributed by atoms with Gasteiger partial charge in [0.05, 0.1) is 0 Å².